The monoisotopic (exact) mass is 424 g/mol. The number of carbonyl (C=O) groups is 1. The molecule has 1 aromatic heterocycles. The van der Waals surface area contributed by atoms with Crippen molar-refractivity contribution in [3.05, 3.63) is 60.0 Å². The van der Waals surface area contributed by atoms with Gasteiger partial charge < -0.3 is 24.8 Å². The molecule has 2 N–H and O–H groups in total. The lowest BCUT2D eigenvalue weighted by Crippen LogP contribution is -2.26. The third-order valence-electron chi connectivity index (χ3n) is 4.60. The van der Waals surface area contributed by atoms with Gasteiger partial charge in [-0.2, -0.15) is 0 Å². The summed E-state index contributed by atoms with van der Waals surface area (Å²) in [5.74, 6) is 0.944. The smallest absolute Gasteiger partial charge is 0.256 e. The first kappa shape index (κ1) is 20.5. The summed E-state index contributed by atoms with van der Waals surface area (Å²) in [6.07, 6.45) is 2.08. The van der Waals surface area contributed by atoms with E-state index in [4.69, 9.17) is 14.2 Å². The number of ether oxygens (including phenoxy) is 3. The first-order chi connectivity index (χ1) is 15.2. The highest BCUT2D eigenvalue weighted by molar-refractivity contribution is 5.99. The average molecular weight is 424 g/mol. The number of hydrogen-bond acceptors (Lipinski definition) is 7. The lowest BCUT2D eigenvalue weighted by Gasteiger charge is -2.13. The summed E-state index contributed by atoms with van der Waals surface area (Å²) in [6, 6.07) is 11.5. The molecular weight excluding hydrogens is 403 g/mol. The third-order valence-corrected chi connectivity index (χ3v) is 4.60. The molecule has 8 nitrogen and oxygen atoms in total. The molecule has 1 amide bonds. The van der Waals surface area contributed by atoms with Gasteiger partial charge in [-0.25, -0.2) is 14.4 Å². The van der Waals surface area contributed by atoms with Crippen LogP contribution < -0.4 is 20.1 Å². The number of methoxy groups -OCH3 is 1. The van der Waals surface area contributed by atoms with Crippen LogP contribution in [0.5, 0.6) is 11.5 Å². The molecule has 4 rings (SSSR count). The zero-order chi connectivity index (χ0) is 21.6. The molecule has 2 heterocycles. The summed E-state index contributed by atoms with van der Waals surface area (Å²) < 4.78 is 30.0. The number of anilines is 2. The zero-order valence-corrected chi connectivity index (χ0v) is 16.9. The summed E-state index contributed by atoms with van der Waals surface area (Å²) >= 11 is 0. The third kappa shape index (κ3) is 4.72. The quantitative estimate of drug-likeness (QED) is 0.534. The fraction of sp³-hybridized carbons (Fsp3) is 0.227. The van der Waals surface area contributed by atoms with Crippen LogP contribution in [0.25, 0.3) is 11.4 Å². The normalized spacial score (nSPS) is 11.9. The molecule has 9 heteroatoms. The van der Waals surface area contributed by atoms with Gasteiger partial charge in [0, 0.05) is 32.0 Å². The molecule has 0 unspecified atom stereocenters. The Morgan fingerprint density at radius 1 is 1.19 bits per heavy atom. The number of halogens is 1. The van der Waals surface area contributed by atoms with E-state index in [1.54, 1.807) is 43.5 Å². The van der Waals surface area contributed by atoms with E-state index in [0.29, 0.717) is 42.5 Å². The number of benzene rings is 2. The van der Waals surface area contributed by atoms with Gasteiger partial charge in [-0.1, -0.05) is 12.1 Å². The fourth-order valence-corrected chi connectivity index (χ4v) is 3.02. The molecule has 2 aromatic carbocycles. The Morgan fingerprint density at radius 3 is 2.87 bits per heavy atom. The zero-order valence-electron chi connectivity index (χ0n) is 16.9. The first-order valence-electron chi connectivity index (χ1n) is 9.71. The van der Waals surface area contributed by atoms with Crippen molar-refractivity contribution in [1.29, 1.82) is 0 Å². The Balaban J connectivity index is 1.66. The molecule has 31 heavy (non-hydrogen) atoms. The fourth-order valence-electron chi connectivity index (χ4n) is 3.02. The predicted octanol–water partition coefficient (Wildman–Crippen LogP) is 3.52. The highest BCUT2D eigenvalue weighted by atomic mass is 19.1. The number of para-hydroxylation sites is 1. The SMILES string of the molecule is COCCCNC(=O)c1cnc(-c2ccc3c(c2)OCO3)nc1Nc1ccccc1F. The summed E-state index contributed by atoms with van der Waals surface area (Å²) in [5.41, 5.74) is 1.07. The van der Waals surface area contributed by atoms with E-state index in [1.807, 2.05) is 0 Å². The van der Waals surface area contributed by atoms with Crippen molar-refractivity contribution in [3.8, 4) is 22.9 Å². The largest absolute Gasteiger partial charge is 0.454 e. The Morgan fingerprint density at radius 2 is 2.03 bits per heavy atom. The van der Waals surface area contributed by atoms with Crippen LogP contribution in [0, 0.1) is 5.82 Å². The lowest BCUT2D eigenvalue weighted by molar-refractivity contribution is 0.0949. The maximum Gasteiger partial charge on any atom is 0.256 e. The average Bonchev–Trinajstić information content (AvgIpc) is 3.26. The van der Waals surface area contributed by atoms with E-state index < -0.39 is 5.82 Å². The van der Waals surface area contributed by atoms with E-state index in [0.717, 1.165) is 0 Å². The van der Waals surface area contributed by atoms with Crippen molar-refractivity contribution >= 4 is 17.4 Å². The van der Waals surface area contributed by atoms with Gasteiger partial charge in [-0.3, -0.25) is 4.79 Å². The van der Waals surface area contributed by atoms with Gasteiger partial charge in [0.15, 0.2) is 17.3 Å². The summed E-state index contributed by atoms with van der Waals surface area (Å²) in [4.78, 5) is 21.5. The molecule has 0 aliphatic carbocycles. The van der Waals surface area contributed by atoms with Crippen molar-refractivity contribution in [1.82, 2.24) is 15.3 Å². The predicted molar refractivity (Wildman–Crippen MR) is 112 cm³/mol. The van der Waals surface area contributed by atoms with Crippen molar-refractivity contribution in [2.45, 2.75) is 6.42 Å². The van der Waals surface area contributed by atoms with Crippen LogP contribution >= 0.6 is 0 Å². The van der Waals surface area contributed by atoms with E-state index in [9.17, 15) is 9.18 Å². The summed E-state index contributed by atoms with van der Waals surface area (Å²) in [5, 5.41) is 5.72. The Bertz CT molecular complexity index is 1090. The van der Waals surface area contributed by atoms with E-state index in [-0.39, 0.29) is 29.8 Å². The van der Waals surface area contributed by atoms with Gasteiger partial charge in [0.1, 0.15) is 17.2 Å². The standard InChI is InChI=1S/C22H21FN4O4/c1-29-10-4-9-24-22(28)15-12-25-20(14-7-8-18-19(11-14)31-13-30-18)27-21(15)26-17-6-3-2-5-16(17)23/h2-3,5-8,11-12H,4,9-10,13H2,1H3,(H,24,28)(H,25,26,27). The van der Waals surface area contributed by atoms with Gasteiger partial charge >= 0.3 is 0 Å². The second kappa shape index (κ2) is 9.40. The minimum Gasteiger partial charge on any atom is -0.454 e. The van der Waals surface area contributed by atoms with Crippen LogP contribution in [0.15, 0.2) is 48.7 Å². The first-order valence-corrected chi connectivity index (χ1v) is 9.71. The number of hydrogen-bond donors (Lipinski definition) is 2. The second-order valence-electron chi connectivity index (χ2n) is 6.73. The van der Waals surface area contributed by atoms with E-state index >= 15 is 0 Å². The summed E-state index contributed by atoms with van der Waals surface area (Å²) in [6.45, 7) is 1.11. The van der Waals surface area contributed by atoms with Crippen LogP contribution in [0.2, 0.25) is 0 Å². The molecule has 0 spiro atoms. The van der Waals surface area contributed by atoms with Gasteiger partial charge in [-0.15, -0.1) is 0 Å². The van der Waals surface area contributed by atoms with Crippen molar-refractivity contribution in [3.63, 3.8) is 0 Å². The van der Waals surface area contributed by atoms with Crippen LogP contribution in [0.1, 0.15) is 16.8 Å². The minimum absolute atomic E-state index is 0.155. The maximum atomic E-state index is 14.2. The van der Waals surface area contributed by atoms with Crippen LogP contribution in [-0.2, 0) is 4.74 Å². The van der Waals surface area contributed by atoms with Gasteiger partial charge in [0.25, 0.3) is 5.91 Å². The highest BCUT2D eigenvalue weighted by Crippen LogP contribution is 2.35. The van der Waals surface area contributed by atoms with E-state index in [1.165, 1.54) is 12.3 Å². The topological polar surface area (TPSA) is 94.6 Å². The van der Waals surface area contributed by atoms with Crippen molar-refractivity contribution < 1.29 is 23.4 Å². The van der Waals surface area contributed by atoms with Gasteiger partial charge in [0.05, 0.1) is 5.69 Å². The van der Waals surface area contributed by atoms with Crippen LogP contribution in [-0.4, -0.2) is 42.9 Å². The number of nitrogens with one attached hydrogen (secondary N) is 2. The van der Waals surface area contributed by atoms with Crippen molar-refractivity contribution in [2.75, 3.05) is 32.4 Å². The molecule has 0 bridgehead atoms. The second-order valence-corrected chi connectivity index (χ2v) is 6.73. The van der Waals surface area contributed by atoms with Crippen LogP contribution in [0.3, 0.4) is 0 Å². The van der Waals surface area contributed by atoms with Gasteiger partial charge in [0.2, 0.25) is 6.79 Å². The van der Waals surface area contributed by atoms with E-state index in [2.05, 4.69) is 20.6 Å². The molecule has 0 fully saturated rings. The number of amides is 1. The van der Waals surface area contributed by atoms with Crippen molar-refractivity contribution in [2.24, 2.45) is 0 Å². The molecule has 1 aliphatic heterocycles. The molecule has 0 radical (unpaired) electrons. The Kier molecular flexibility index (Phi) is 6.23. The molecule has 1 aliphatic rings. The molecule has 3 aromatic rings. The van der Waals surface area contributed by atoms with Gasteiger partial charge in [-0.05, 0) is 36.8 Å². The minimum atomic E-state index is -0.461. The number of rotatable bonds is 8. The molecular formula is C22H21FN4O4. The Labute approximate surface area is 178 Å². The number of carbonyl (C=O) groups excluding carboxylic acids is 1. The molecule has 160 valence electrons. The van der Waals surface area contributed by atoms with Crippen LogP contribution in [0.4, 0.5) is 15.9 Å². The Hall–Kier alpha value is -3.72. The number of nitrogens with zero attached hydrogens (tertiary/aromatic N) is 2. The summed E-state index contributed by atoms with van der Waals surface area (Å²) in [7, 11) is 1.60. The maximum absolute atomic E-state index is 14.2. The lowest BCUT2D eigenvalue weighted by atomic mass is 10.1. The molecule has 0 atom stereocenters. The highest BCUT2D eigenvalue weighted by Gasteiger charge is 2.19. The number of fused-ring (bicyclic) bond motifs is 1. The number of aromatic nitrogens is 2. The molecule has 0 saturated carbocycles. The molecule has 0 saturated heterocycles.